The highest BCUT2D eigenvalue weighted by atomic mass is 32.2. The molecule has 0 aliphatic carbocycles. The summed E-state index contributed by atoms with van der Waals surface area (Å²) < 4.78 is 4.85. The SMILES string of the molecule is O=C(O)CSc1nc(-c2ccc([N+](=O)[O-])cc2)no1. The van der Waals surface area contributed by atoms with Gasteiger partial charge < -0.3 is 9.63 Å². The predicted octanol–water partition coefficient (Wildman–Crippen LogP) is 1.82. The van der Waals surface area contributed by atoms with Crippen LogP contribution in [-0.4, -0.2) is 31.9 Å². The van der Waals surface area contributed by atoms with Gasteiger partial charge in [0.15, 0.2) is 0 Å². The smallest absolute Gasteiger partial charge is 0.314 e. The minimum absolute atomic E-state index is 0.0345. The summed E-state index contributed by atoms with van der Waals surface area (Å²) in [7, 11) is 0. The van der Waals surface area contributed by atoms with E-state index < -0.39 is 10.9 Å². The van der Waals surface area contributed by atoms with E-state index in [-0.39, 0.29) is 22.5 Å². The normalized spacial score (nSPS) is 10.3. The average molecular weight is 281 g/mol. The molecule has 0 unspecified atom stereocenters. The van der Waals surface area contributed by atoms with Crippen molar-refractivity contribution in [1.29, 1.82) is 0 Å². The summed E-state index contributed by atoms with van der Waals surface area (Å²) in [5.41, 5.74) is 0.518. The molecule has 1 N–H and O–H groups in total. The summed E-state index contributed by atoms with van der Waals surface area (Å²) in [5.74, 6) is -0.912. The number of carbonyl (C=O) groups is 1. The molecule has 0 atom stereocenters. The fraction of sp³-hybridized carbons (Fsp3) is 0.100. The highest BCUT2D eigenvalue weighted by Gasteiger charge is 2.12. The molecule has 0 spiro atoms. The molecule has 9 heteroatoms. The second kappa shape index (κ2) is 5.48. The lowest BCUT2D eigenvalue weighted by Gasteiger charge is -1.93. The molecule has 98 valence electrons. The summed E-state index contributed by atoms with van der Waals surface area (Å²) >= 11 is 0.904. The van der Waals surface area contributed by atoms with E-state index in [1.165, 1.54) is 24.3 Å². The Balaban J connectivity index is 2.13. The lowest BCUT2D eigenvalue weighted by atomic mass is 10.2. The largest absolute Gasteiger partial charge is 0.481 e. The minimum Gasteiger partial charge on any atom is -0.481 e. The molecule has 8 nitrogen and oxygen atoms in total. The molecular weight excluding hydrogens is 274 g/mol. The third kappa shape index (κ3) is 3.28. The highest BCUT2D eigenvalue weighted by Crippen LogP contribution is 2.23. The number of carboxylic acid groups (broad SMARTS) is 1. The molecule has 0 aliphatic heterocycles. The molecule has 2 rings (SSSR count). The number of aliphatic carboxylic acids is 1. The zero-order valence-electron chi connectivity index (χ0n) is 9.35. The van der Waals surface area contributed by atoms with Crippen LogP contribution in [0.5, 0.6) is 0 Å². The molecule has 2 aromatic rings. The van der Waals surface area contributed by atoms with E-state index in [4.69, 9.17) is 9.63 Å². The Morgan fingerprint density at radius 3 is 2.68 bits per heavy atom. The molecule has 0 radical (unpaired) electrons. The quantitative estimate of drug-likeness (QED) is 0.500. The fourth-order valence-corrected chi connectivity index (χ4v) is 1.73. The summed E-state index contributed by atoms with van der Waals surface area (Å²) in [6.07, 6.45) is 0. The zero-order valence-corrected chi connectivity index (χ0v) is 10.2. The van der Waals surface area contributed by atoms with Gasteiger partial charge in [0.25, 0.3) is 10.9 Å². The molecular formula is C10H7N3O5S. The van der Waals surface area contributed by atoms with Crippen molar-refractivity contribution in [3.63, 3.8) is 0 Å². The Hall–Kier alpha value is -2.42. The Morgan fingerprint density at radius 2 is 2.11 bits per heavy atom. The highest BCUT2D eigenvalue weighted by molar-refractivity contribution is 7.99. The molecule has 0 saturated carbocycles. The fourth-order valence-electron chi connectivity index (χ4n) is 1.24. The minimum atomic E-state index is -0.986. The molecule has 0 aliphatic rings. The van der Waals surface area contributed by atoms with Gasteiger partial charge >= 0.3 is 5.97 Å². The first kappa shape index (κ1) is 13.0. The van der Waals surface area contributed by atoms with E-state index in [1.54, 1.807) is 0 Å². The van der Waals surface area contributed by atoms with Crippen LogP contribution in [0.15, 0.2) is 34.0 Å². The van der Waals surface area contributed by atoms with Crippen LogP contribution >= 0.6 is 11.8 Å². The number of nitro groups is 1. The predicted molar refractivity (Wildman–Crippen MR) is 64.7 cm³/mol. The van der Waals surface area contributed by atoms with Crippen LogP contribution in [0.25, 0.3) is 11.4 Å². The summed E-state index contributed by atoms with van der Waals surface area (Å²) in [5, 5.41) is 22.8. The third-order valence-electron chi connectivity index (χ3n) is 2.06. The summed E-state index contributed by atoms with van der Waals surface area (Å²) in [4.78, 5) is 24.3. The van der Waals surface area contributed by atoms with Crippen LogP contribution in [0, 0.1) is 10.1 Å². The van der Waals surface area contributed by atoms with Gasteiger partial charge in [0.05, 0.1) is 4.92 Å². The molecule has 0 amide bonds. The van der Waals surface area contributed by atoms with Crippen molar-refractivity contribution in [2.24, 2.45) is 0 Å². The number of thioether (sulfide) groups is 1. The van der Waals surface area contributed by atoms with Crippen molar-refractivity contribution in [2.45, 2.75) is 5.22 Å². The maximum atomic E-state index is 10.5. The standard InChI is InChI=1S/C10H7N3O5S/c14-8(15)5-19-10-11-9(12-18-10)6-1-3-7(4-2-6)13(16)17/h1-4H,5H2,(H,14,15). The van der Waals surface area contributed by atoms with Gasteiger partial charge in [0.2, 0.25) is 5.82 Å². The van der Waals surface area contributed by atoms with E-state index in [0.29, 0.717) is 5.56 Å². The van der Waals surface area contributed by atoms with Crippen LogP contribution in [0.4, 0.5) is 5.69 Å². The Labute approximate surface area is 110 Å². The van der Waals surface area contributed by atoms with Gasteiger partial charge in [-0.3, -0.25) is 14.9 Å². The summed E-state index contributed by atoms with van der Waals surface area (Å²) in [6.45, 7) is 0. The van der Waals surface area contributed by atoms with Gasteiger partial charge in [-0.1, -0.05) is 16.9 Å². The number of non-ortho nitro benzene ring substituents is 1. The molecule has 1 heterocycles. The monoisotopic (exact) mass is 281 g/mol. The van der Waals surface area contributed by atoms with E-state index >= 15 is 0 Å². The number of hydrogen-bond acceptors (Lipinski definition) is 7. The maximum Gasteiger partial charge on any atom is 0.314 e. The van der Waals surface area contributed by atoms with E-state index in [0.717, 1.165) is 11.8 Å². The van der Waals surface area contributed by atoms with Crippen molar-refractivity contribution in [1.82, 2.24) is 10.1 Å². The van der Waals surface area contributed by atoms with Crippen LogP contribution in [0.3, 0.4) is 0 Å². The molecule has 0 fully saturated rings. The van der Waals surface area contributed by atoms with Gasteiger partial charge in [-0.05, 0) is 12.1 Å². The van der Waals surface area contributed by atoms with Crippen LogP contribution in [0.1, 0.15) is 0 Å². The average Bonchev–Trinajstić information content (AvgIpc) is 2.85. The number of carboxylic acids is 1. The second-order valence-corrected chi connectivity index (χ2v) is 4.30. The second-order valence-electron chi connectivity index (χ2n) is 3.37. The lowest BCUT2D eigenvalue weighted by molar-refractivity contribution is -0.384. The van der Waals surface area contributed by atoms with Crippen molar-refractivity contribution in [2.75, 3.05) is 5.75 Å². The number of benzene rings is 1. The van der Waals surface area contributed by atoms with Crippen molar-refractivity contribution in [3.05, 3.63) is 34.4 Å². The number of nitro benzene ring substituents is 1. The van der Waals surface area contributed by atoms with Gasteiger partial charge in [0, 0.05) is 17.7 Å². The van der Waals surface area contributed by atoms with Crippen molar-refractivity contribution >= 4 is 23.4 Å². The van der Waals surface area contributed by atoms with E-state index in [9.17, 15) is 14.9 Å². The first-order valence-electron chi connectivity index (χ1n) is 4.99. The number of nitrogens with zero attached hydrogens (tertiary/aromatic N) is 3. The Kier molecular flexibility index (Phi) is 3.76. The van der Waals surface area contributed by atoms with Gasteiger partial charge in [0.1, 0.15) is 5.75 Å². The molecule has 19 heavy (non-hydrogen) atoms. The number of hydrogen-bond donors (Lipinski definition) is 1. The lowest BCUT2D eigenvalue weighted by Crippen LogP contribution is -1.97. The number of rotatable bonds is 5. The maximum absolute atomic E-state index is 10.5. The van der Waals surface area contributed by atoms with E-state index in [2.05, 4.69) is 10.1 Å². The zero-order chi connectivity index (χ0) is 13.8. The van der Waals surface area contributed by atoms with Crippen molar-refractivity contribution < 1.29 is 19.3 Å². The topological polar surface area (TPSA) is 119 Å². The van der Waals surface area contributed by atoms with Crippen molar-refractivity contribution in [3.8, 4) is 11.4 Å². The summed E-state index contributed by atoms with van der Waals surface area (Å²) in [6, 6.07) is 5.65. The van der Waals surface area contributed by atoms with Crippen LogP contribution < -0.4 is 0 Å². The van der Waals surface area contributed by atoms with Gasteiger partial charge in [-0.25, -0.2) is 0 Å². The van der Waals surface area contributed by atoms with Crippen LogP contribution in [0.2, 0.25) is 0 Å². The molecule has 0 bridgehead atoms. The van der Waals surface area contributed by atoms with Crippen LogP contribution in [-0.2, 0) is 4.79 Å². The van der Waals surface area contributed by atoms with Gasteiger partial charge in [-0.15, -0.1) is 0 Å². The Morgan fingerprint density at radius 1 is 1.42 bits per heavy atom. The molecule has 1 aromatic heterocycles. The number of aromatic nitrogens is 2. The molecule has 0 saturated heterocycles. The first-order chi connectivity index (χ1) is 9.06. The Bertz CT molecular complexity index is 610. The first-order valence-corrected chi connectivity index (χ1v) is 5.98. The molecule has 1 aromatic carbocycles. The van der Waals surface area contributed by atoms with E-state index in [1.807, 2.05) is 0 Å². The third-order valence-corrected chi connectivity index (χ3v) is 2.87. The van der Waals surface area contributed by atoms with Gasteiger partial charge in [-0.2, -0.15) is 4.98 Å².